The summed E-state index contributed by atoms with van der Waals surface area (Å²) in [5, 5.41) is 0. The van der Waals surface area contributed by atoms with Gasteiger partial charge in [-0.15, -0.1) is 0 Å². The van der Waals surface area contributed by atoms with Gasteiger partial charge in [-0.2, -0.15) is 13.2 Å². The Balaban J connectivity index is 3.05. The summed E-state index contributed by atoms with van der Waals surface area (Å²) in [5.74, 6) is -0.903. The Hall–Kier alpha value is -0.950. The zero-order chi connectivity index (χ0) is 15.6. The lowest BCUT2D eigenvalue weighted by atomic mass is 10.1. The Labute approximate surface area is 120 Å². The molecule has 0 amide bonds. The molecule has 1 aromatic carbocycles. The molecule has 0 aliphatic carbocycles. The van der Waals surface area contributed by atoms with Gasteiger partial charge < -0.3 is 4.74 Å². The summed E-state index contributed by atoms with van der Waals surface area (Å²) >= 11 is 0.976. The molecule has 1 unspecified atom stereocenters. The van der Waals surface area contributed by atoms with Crippen molar-refractivity contribution in [2.45, 2.75) is 37.7 Å². The van der Waals surface area contributed by atoms with Crippen LogP contribution in [-0.2, 0) is 0 Å². The van der Waals surface area contributed by atoms with E-state index in [4.69, 9.17) is 4.74 Å². The molecule has 0 aliphatic rings. The Kier molecular flexibility index (Phi) is 5.32. The fourth-order valence-corrected chi connectivity index (χ4v) is 2.16. The van der Waals surface area contributed by atoms with Crippen molar-refractivity contribution in [2.24, 2.45) is 0 Å². The van der Waals surface area contributed by atoms with E-state index in [0.29, 0.717) is 0 Å². The second kappa shape index (κ2) is 6.22. The van der Waals surface area contributed by atoms with Crippen LogP contribution in [0.3, 0.4) is 0 Å². The number of benzene rings is 1. The summed E-state index contributed by atoms with van der Waals surface area (Å²) in [6, 6.07) is 1.24. The molecule has 0 spiro atoms. The topological polar surface area (TPSA) is 21.3 Å². The van der Waals surface area contributed by atoms with Crippen LogP contribution in [0.25, 0.3) is 0 Å². The summed E-state index contributed by atoms with van der Waals surface area (Å²) < 4.78 is 59.3. The number of rotatable bonds is 4. The van der Waals surface area contributed by atoms with E-state index in [1.807, 2.05) is 0 Å². The van der Waals surface area contributed by atoms with Crippen molar-refractivity contribution < 1.29 is 22.3 Å². The minimum atomic E-state index is -4.49. The first-order chi connectivity index (χ1) is 9.04. The number of hydrogen-bond donors (Lipinski definition) is 1. The van der Waals surface area contributed by atoms with Gasteiger partial charge >= 0.3 is 6.18 Å². The maximum absolute atomic E-state index is 13.3. The highest BCUT2D eigenvalue weighted by Crippen LogP contribution is 2.37. The number of halogens is 4. The molecule has 0 saturated heterocycles. The molecule has 7 heteroatoms. The highest BCUT2D eigenvalue weighted by molar-refractivity contribution is 7.98. The minimum Gasteiger partial charge on any atom is -0.494 e. The molecule has 1 aromatic rings. The van der Waals surface area contributed by atoms with E-state index >= 15 is 0 Å². The summed E-state index contributed by atoms with van der Waals surface area (Å²) in [6.07, 6.45) is -4.49. The van der Waals surface area contributed by atoms with Crippen LogP contribution in [0.2, 0.25) is 0 Å². The minimum absolute atomic E-state index is 0.0903. The molecule has 0 aliphatic heterocycles. The molecule has 1 atom stereocenters. The van der Waals surface area contributed by atoms with Crippen molar-refractivity contribution in [3.05, 3.63) is 29.6 Å². The maximum Gasteiger partial charge on any atom is 0.408 e. The van der Waals surface area contributed by atoms with Gasteiger partial charge in [-0.1, -0.05) is 18.0 Å². The molecule has 0 saturated carbocycles. The smallest absolute Gasteiger partial charge is 0.408 e. The van der Waals surface area contributed by atoms with E-state index in [2.05, 4.69) is 4.72 Å². The lowest BCUT2D eigenvalue weighted by molar-refractivity contribution is -0.152. The number of hydrogen-bond acceptors (Lipinski definition) is 3. The highest BCUT2D eigenvalue weighted by atomic mass is 32.2. The normalized spacial score (nSPS) is 14.2. The van der Waals surface area contributed by atoms with E-state index < -0.39 is 18.0 Å². The summed E-state index contributed by atoms with van der Waals surface area (Å²) in [6.45, 7) is 5.38. The molecule has 0 heterocycles. The lowest BCUT2D eigenvalue weighted by Gasteiger charge is -2.26. The SMILES string of the molecule is COc1cc(C(NSC(C)(C)C)C(F)(F)F)ccc1F. The molecule has 0 radical (unpaired) electrons. The predicted octanol–water partition coefficient (Wildman–Crippen LogP) is 4.47. The van der Waals surface area contributed by atoms with Crippen LogP contribution in [0.5, 0.6) is 5.75 Å². The van der Waals surface area contributed by atoms with Crippen LogP contribution < -0.4 is 9.46 Å². The van der Waals surface area contributed by atoms with Crippen LogP contribution in [0.1, 0.15) is 32.4 Å². The average molecular weight is 311 g/mol. The summed E-state index contributed by atoms with van der Waals surface area (Å²) in [5.41, 5.74) is -0.0903. The highest BCUT2D eigenvalue weighted by Gasteiger charge is 2.41. The molecule has 20 heavy (non-hydrogen) atoms. The van der Waals surface area contributed by atoms with Gasteiger partial charge in [-0.3, -0.25) is 0 Å². The number of alkyl halides is 3. The fraction of sp³-hybridized carbons (Fsp3) is 0.538. The number of methoxy groups -OCH3 is 1. The molecular formula is C13H17F4NOS. The molecule has 0 aromatic heterocycles. The second-order valence-electron chi connectivity index (χ2n) is 5.20. The quantitative estimate of drug-likeness (QED) is 0.654. The maximum atomic E-state index is 13.3. The van der Waals surface area contributed by atoms with E-state index in [1.165, 1.54) is 7.11 Å². The monoisotopic (exact) mass is 311 g/mol. The van der Waals surface area contributed by atoms with E-state index in [9.17, 15) is 17.6 Å². The molecule has 1 rings (SSSR count). The Morgan fingerprint density at radius 2 is 1.80 bits per heavy atom. The first kappa shape index (κ1) is 17.1. The van der Waals surface area contributed by atoms with Crippen molar-refractivity contribution >= 4 is 11.9 Å². The molecule has 0 fully saturated rings. The van der Waals surface area contributed by atoms with Gasteiger partial charge in [0.05, 0.1) is 7.11 Å². The van der Waals surface area contributed by atoms with Gasteiger partial charge in [0.25, 0.3) is 0 Å². The third-order valence-corrected chi connectivity index (χ3v) is 3.28. The van der Waals surface area contributed by atoms with Gasteiger partial charge in [0.15, 0.2) is 11.6 Å². The Bertz CT molecular complexity index is 457. The Morgan fingerprint density at radius 1 is 1.20 bits per heavy atom. The fourth-order valence-electron chi connectivity index (χ4n) is 1.42. The molecule has 1 N–H and O–H groups in total. The van der Waals surface area contributed by atoms with Crippen molar-refractivity contribution in [1.82, 2.24) is 4.72 Å². The number of nitrogens with one attached hydrogen (secondary N) is 1. The number of ether oxygens (including phenoxy) is 1. The first-order valence-corrected chi connectivity index (χ1v) is 6.70. The van der Waals surface area contributed by atoms with Gasteiger partial charge in [0.2, 0.25) is 0 Å². The largest absolute Gasteiger partial charge is 0.494 e. The van der Waals surface area contributed by atoms with Crippen molar-refractivity contribution in [2.75, 3.05) is 7.11 Å². The molecular weight excluding hydrogens is 294 g/mol. The molecule has 0 bridgehead atoms. The molecule has 2 nitrogen and oxygen atoms in total. The first-order valence-electron chi connectivity index (χ1n) is 5.88. The summed E-state index contributed by atoms with van der Waals surface area (Å²) in [7, 11) is 1.21. The average Bonchev–Trinajstić information content (AvgIpc) is 2.28. The van der Waals surface area contributed by atoms with Crippen LogP contribution in [0.4, 0.5) is 17.6 Å². The van der Waals surface area contributed by atoms with Crippen molar-refractivity contribution in [1.29, 1.82) is 0 Å². The standard InChI is InChI=1S/C13H17F4NOS/c1-12(2,3)20-18-11(13(15,16)17)8-5-6-9(14)10(7-8)19-4/h5-7,11,18H,1-4H3. The third kappa shape index (κ3) is 4.86. The van der Waals surface area contributed by atoms with E-state index in [1.54, 1.807) is 20.8 Å². The van der Waals surface area contributed by atoms with Gasteiger partial charge in [-0.05, 0) is 38.5 Å². The second-order valence-corrected chi connectivity index (χ2v) is 6.87. The zero-order valence-corrected chi connectivity index (χ0v) is 12.5. The van der Waals surface area contributed by atoms with Crippen molar-refractivity contribution in [3.8, 4) is 5.75 Å². The van der Waals surface area contributed by atoms with Crippen LogP contribution in [0, 0.1) is 5.82 Å². The van der Waals surface area contributed by atoms with Gasteiger partial charge in [0.1, 0.15) is 6.04 Å². The van der Waals surface area contributed by atoms with Crippen LogP contribution in [-0.4, -0.2) is 18.0 Å². The molecule has 114 valence electrons. The Morgan fingerprint density at radius 3 is 2.25 bits per heavy atom. The van der Waals surface area contributed by atoms with E-state index in [-0.39, 0.29) is 16.1 Å². The van der Waals surface area contributed by atoms with E-state index in [0.717, 1.165) is 30.1 Å². The predicted molar refractivity (Wildman–Crippen MR) is 72.2 cm³/mol. The third-order valence-electron chi connectivity index (χ3n) is 2.32. The van der Waals surface area contributed by atoms with Crippen LogP contribution >= 0.6 is 11.9 Å². The van der Waals surface area contributed by atoms with Crippen molar-refractivity contribution in [3.63, 3.8) is 0 Å². The van der Waals surface area contributed by atoms with Crippen LogP contribution in [0.15, 0.2) is 18.2 Å². The summed E-state index contributed by atoms with van der Waals surface area (Å²) in [4.78, 5) is 0. The zero-order valence-electron chi connectivity index (χ0n) is 11.6. The van der Waals surface area contributed by atoms with Gasteiger partial charge in [0, 0.05) is 4.75 Å². The lowest BCUT2D eigenvalue weighted by Crippen LogP contribution is -2.32. The van der Waals surface area contributed by atoms with Gasteiger partial charge in [-0.25, -0.2) is 9.11 Å².